The molecule has 0 saturated carbocycles. The molecule has 0 atom stereocenters. The molecule has 2 aromatic rings. The summed E-state index contributed by atoms with van der Waals surface area (Å²) in [5, 5.41) is 0. The molecule has 2 aromatic carbocycles. The molecule has 0 heterocycles. The van der Waals surface area contributed by atoms with Crippen LogP contribution in [0, 0.1) is 0 Å². The highest BCUT2D eigenvalue weighted by Gasteiger charge is 2.07. The molecule has 0 bridgehead atoms. The van der Waals surface area contributed by atoms with E-state index in [2.05, 4.69) is 6.92 Å². The SMILES string of the molecule is CCCCCCCCCCCCCCC(=O)c1ccc(Oc2ccc(C(C)=O)cc2)cc1. The van der Waals surface area contributed by atoms with Gasteiger partial charge in [-0.15, -0.1) is 0 Å². The zero-order valence-electron chi connectivity index (χ0n) is 20.0. The number of carbonyl (C=O) groups excluding carboxylic acids is 2. The maximum atomic E-state index is 12.4. The van der Waals surface area contributed by atoms with Crippen molar-refractivity contribution in [1.29, 1.82) is 0 Å². The van der Waals surface area contributed by atoms with Crippen molar-refractivity contribution >= 4 is 11.6 Å². The summed E-state index contributed by atoms with van der Waals surface area (Å²) >= 11 is 0. The van der Waals surface area contributed by atoms with E-state index in [1.54, 1.807) is 31.2 Å². The molecule has 0 unspecified atom stereocenters. The van der Waals surface area contributed by atoms with E-state index in [0.29, 0.717) is 23.5 Å². The van der Waals surface area contributed by atoms with E-state index < -0.39 is 0 Å². The van der Waals surface area contributed by atoms with Crippen molar-refractivity contribution in [3.05, 3.63) is 59.7 Å². The number of unbranched alkanes of at least 4 members (excludes halogenated alkanes) is 11. The number of ether oxygens (including phenoxy) is 1. The zero-order valence-corrected chi connectivity index (χ0v) is 20.0. The van der Waals surface area contributed by atoms with E-state index in [4.69, 9.17) is 4.74 Å². The van der Waals surface area contributed by atoms with Crippen molar-refractivity contribution in [3.63, 3.8) is 0 Å². The fraction of sp³-hybridized carbons (Fsp3) is 0.517. The molecule has 0 radical (unpaired) electrons. The molecule has 0 aliphatic heterocycles. The predicted molar refractivity (Wildman–Crippen MR) is 133 cm³/mol. The lowest BCUT2D eigenvalue weighted by molar-refractivity contribution is 0.0977. The van der Waals surface area contributed by atoms with Crippen LogP contribution < -0.4 is 4.74 Å². The lowest BCUT2D eigenvalue weighted by Crippen LogP contribution is -1.99. The Morgan fingerprint density at radius 2 is 1.00 bits per heavy atom. The topological polar surface area (TPSA) is 43.4 Å². The van der Waals surface area contributed by atoms with Crippen LogP contribution in [-0.2, 0) is 0 Å². The summed E-state index contributed by atoms with van der Waals surface area (Å²) in [6, 6.07) is 14.4. The number of hydrogen-bond acceptors (Lipinski definition) is 3. The number of hydrogen-bond donors (Lipinski definition) is 0. The Hall–Kier alpha value is -2.42. The lowest BCUT2D eigenvalue weighted by atomic mass is 10.0. The molecule has 174 valence electrons. The van der Waals surface area contributed by atoms with Crippen LogP contribution in [0.4, 0.5) is 0 Å². The smallest absolute Gasteiger partial charge is 0.162 e. The van der Waals surface area contributed by atoms with Gasteiger partial charge >= 0.3 is 0 Å². The summed E-state index contributed by atoms with van der Waals surface area (Å²) in [6.45, 7) is 3.81. The number of benzene rings is 2. The predicted octanol–water partition coefficient (Wildman–Crippen LogP) is 8.96. The molecule has 0 spiro atoms. The van der Waals surface area contributed by atoms with Gasteiger partial charge in [-0.1, -0.05) is 77.6 Å². The van der Waals surface area contributed by atoms with E-state index in [9.17, 15) is 9.59 Å². The van der Waals surface area contributed by atoms with Crippen LogP contribution in [0.1, 0.15) is 118 Å². The average Bonchev–Trinajstić information content (AvgIpc) is 2.80. The van der Waals surface area contributed by atoms with Gasteiger partial charge in [0.1, 0.15) is 11.5 Å². The third kappa shape index (κ3) is 10.3. The molecule has 0 amide bonds. The normalized spacial score (nSPS) is 10.8. The minimum atomic E-state index is 0.0348. The molecule has 2 rings (SSSR count). The third-order valence-corrected chi connectivity index (χ3v) is 5.93. The van der Waals surface area contributed by atoms with E-state index in [1.165, 1.54) is 64.2 Å². The molecule has 0 fully saturated rings. The van der Waals surface area contributed by atoms with Gasteiger partial charge in [-0.2, -0.15) is 0 Å². The molecule has 3 heteroatoms. The van der Waals surface area contributed by atoms with Crippen molar-refractivity contribution in [1.82, 2.24) is 0 Å². The van der Waals surface area contributed by atoms with Crippen LogP contribution in [0.2, 0.25) is 0 Å². The largest absolute Gasteiger partial charge is 0.457 e. The maximum absolute atomic E-state index is 12.4. The third-order valence-electron chi connectivity index (χ3n) is 5.93. The molecule has 32 heavy (non-hydrogen) atoms. The Labute approximate surface area is 194 Å². The Morgan fingerprint density at radius 3 is 1.44 bits per heavy atom. The van der Waals surface area contributed by atoms with Gasteiger partial charge in [0.05, 0.1) is 0 Å². The van der Waals surface area contributed by atoms with Gasteiger partial charge in [-0.05, 0) is 61.9 Å². The van der Waals surface area contributed by atoms with E-state index in [1.807, 2.05) is 24.3 Å². The van der Waals surface area contributed by atoms with Crippen molar-refractivity contribution < 1.29 is 14.3 Å². The summed E-state index contributed by atoms with van der Waals surface area (Å²) in [5.74, 6) is 1.59. The monoisotopic (exact) mass is 436 g/mol. The molecular weight excluding hydrogens is 396 g/mol. The first-order valence-corrected chi connectivity index (χ1v) is 12.5. The Bertz CT molecular complexity index is 790. The number of ketones is 2. The minimum absolute atomic E-state index is 0.0348. The molecule has 0 N–H and O–H groups in total. The highest BCUT2D eigenvalue weighted by molar-refractivity contribution is 5.96. The summed E-state index contributed by atoms with van der Waals surface area (Å²) < 4.78 is 5.80. The fourth-order valence-corrected chi connectivity index (χ4v) is 3.87. The first kappa shape index (κ1) is 25.8. The van der Waals surface area contributed by atoms with Crippen LogP contribution in [0.25, 0.3) is 0 Å². The van der Waals surface area contributed by atoms with Crippen molar-refractivity contribution in [3.8, 4) is 11.5 Å². The lowest BCUT2D eigenvalue weighted by Gasteiger charge is -2.07. The summed E-state index contributed by atoms with van der Waals surface area (Å²) in [7, 11) is 0. The number of carbonyl (C=O) groups is 2. The first-order chi connectivity index (χ1) is 15.6. The standard InChI is InChI=1S/C29H40O3/c1-3-4-5-6-7-8-9-10-11-12-13-14-15-29(31)26-18-22-28(23-19-26)32-27-20-16-25(17-21-27)24(2)30/h16-23H,3-15H2,1-2H3. The fourth-order valence-electron chi connectivity index (χ4n) is 3.87. The summed E-state index contributed by atoms with van der Waals surface area (Å²) in [6.07, 6.45) is 16.2. The van der Waals surface area contributed by atoms with Gasteiger partial charge in [0.15, 0.2) is 11.6 Å². The number of rotatable bonds is 17. The van der Waals surface area contributed by atoms with Crippen LogP contribution in [0.15, 0.2) is 48.5 Å². The average molecular weight is 437 g/mol. The highest BCUT2D eigenvalue weighted by Crippen LogP contribution is 2.23. The van der Waals surface area contributed by atoms with Gasteiger partial charge in [0.2, 0.25) is 0 Å². The van der Waals surface area contributed by atoms with Gasteiger partial charge in [0, 0.05) is 17.5 Å². The van der Waals surface area contributed by atoms with Gasteiger partial charge in [-0.3, -0.25) is 9.59 Å². The van der Waals surface area contributed by atoms with Crippen molar-refractivity contribution in [2.24, 2.45) is 0 Å². The Morgan fingerprint density at radius 1 is 0.594 bits per heavy atom. The van der Waals surface area contributed by atoms with E-state index in [0.717, 1.165) is 18.4 Å². The van der Waals surface area contributed by atoms with Crippen molar-refractivity contribution in [2.75, 3.05) is 0 Å². The van der Waals surface area contributed by atoms with Gasteiger partial charge in [-0.25, -0.2) is 0 Å². The van der Waals surface area contributed by atoms with Crippen LogP contribution >= 0.6 is 0 Å². The van der Waals surface area contributed by atoms with Crippen LogP contribution in [0.5, 0.6) is 11.5 Å². The summed E-state index contributed by atoms with van der Waals surface area (Å²) in [5.41, 5.74) is 1.41. The molecule has 0 aromatic heterocycles. The molecule has 0 aliphatic carbocycles. The number of Topliss-reactive ketones (excluding diaryl/α,β-unsaturated/α-hetero) is 2. The Kier molecular flexibility index (Phi) is 12.4. The molecule has 3 nitrogen and oxygen atoms in total. The van der Waals surface area contributed by atoms with Crippen molar-refractivity contribution in [2.45, 2.75) is 97.3 Å². The second-order valence-corrected chi connectivity index (χ2v) is 8.77. The van der Waals surface area contributed by atoms with Crippen LogP contribution in [0.3, 0.4) is 0 Å². The molecular formula is C29H40O3. The second-order valence-electron chi connectivity index (χ2n) is 8.77. The minimum Gasteiger partial charge on any atom is -0.457 e. The Balaban J connectivity index is 1.57. The highest BCUT2D eigenvalue weighted by atomic mass is 16.5. The van der Waals surface area contributed by atoms with Gasteiger partial charge in [0.25, 0.3) is 0 Å². The second kappa shape index (κ2) is 15.4. The maximum Gasteiger partial charge on any atom is 0.162 e. The van der Waals surface area contributed by atoms with E-state index in [-0.39, 0.29) is 11.6 Å². The van der Waals surface area contributed by atoms with Crippen LogP contribution in [-0.4, -0.2) is 11.6 Å². The van der Waals surface area contributed by atoms with E-state index >= 15 is 0 Å². The summed E-state index contributed by atoms with van der Waals surface area (Å²) in [4.78, 5) is 23.8. The van der Waals surface area contributed by atoms with Gasteiger partial charge < -0.3 is 4.74 Å². The first-order valence-electron chi connectivity index (χ1n) is 12.5. The quantitative estimate of drug-likeness (QED) is 0.183. The zero-order chi connectivity index (χ0) is 23.0. The molecule has 0 aliphatic rings. The molecule has 0 saturated heterocycles.